The van der Waals surface area contributed by atoms with Gasteiger partial charge in [-0.15, -0.1) is 0 Å². The third kappa shape index (κ3) is 17.9. The Balaban J connectivity index is 2.99. The zero-order valence-corrected chi connectivity index (χ0v) is 14.5. The topological polar surface area (TPSA) is 20.2 Å². The van der Waals surface area contributed by atoms with E-state index in [9.17, 15) is 0 Å². The van der Waals surface area contributed by atoms with E-state index in [1.165, 1.54) is 83.6 Å². The largest absolute Gasteiger partial charge is 0.396 e. The summed E-state index contributed by atoms with van der Waals surface area (Å²) in [6.07, 6.45) is 17.7. The zero-order valence-electron chi connectivity index (χ0n) is 14.5. The maximum atomic E-state index is 8.68. The van der Waals surface area contributed by atoms with Gasteiger partial charge in [0.15, 0.2) is 0 Å². The number of hydrogen-bond acceptors (Lipinski definition) is 1. The fourth-order valence-corrected chi connectivity index (χ4v) is 2.64. The molecule has 0 bridgehead atoms. The van der Waals surface area contributed by atoms with Crippen molar-refractivity contribution in [1.82, 2.24) is 0 Å². The molecule has 0 aliphatic heterocycles. The molecule has 1 N–H and O–H groups in total. The zero-order chi connectivity index (χ0) is 15.1. The molecule has 0 fully saturated rings. The Kier molecular flexibility index (Phi) is 13.8. The average molecular weight is 287 g/mol. The van der Waals surface area contributed by atoms with Gasteiger partial charge in [-0.05, 0) is 19.3 Å². The van der Waals surface area contributed by atoms with Crippen LogP contribution in [0.2, 0.25) is 0 Å². The van der Waals surface area contributed by atoms with Crippen LogP contribution in [0.1, 0.15) is 83.5 Å². The lowest BCUT2D eigenvalue weighted by Gasteiger charge is -2.23. The van der Waals surface area contributed by atoms with Gasteiger partial charge in [0.2, 0.25) is 0 Å². The number of rotatable bonds is 15. The van der Waals surface area contributed by atoms with Crippen LogP contribution >= 0.6 is 0 Å². The van der Waals surface area contributed by atoms with Gasteiger partial charge in [-0.2, -0.15) is 0 Å². The van der Waals surface area contributed by atoms with Gasteiger partial charge in [-0.25, -0.2) is 0 Å². The van der Waals surface area contributed by atoms with Gasteiger partial charge in [-0.3, -0.25) is 0 Å². The summed E-state index contributed by atoms with van der Waals surface area (Å²) in [5.41, 5.74) is 0. The van der Waals surface area contributed by atoms with Crippen molar-refractivity contribution in [2.45, 2.75) is 83.5 Å². The number of nitrogens with zero attached hydrogens (tertiary/aromatic N) is 1. The second-order valence-electron chi connectivity index (χ2n) is 7.33. The van der Waals surface area contributed by atoms with Crippen molar-refractivity contribution in [3.63, 3.8) is 0 Å². The Labute approximate surface area is 128 Å². The van der Waals surface area contributed by atoms with E-state index in [-0.39, 0.29) is 0 Å². The highest BCUT2D eigenvalue weighted by Gasteiger charge is 2.04. The fourth-order valence-electron chi connectivity index (χ4n) is 2.64. The molecule has 0 amide bonds. The molecule has 0 atom stereocenters. The van der Waals surface area contributed by atoms with Crippen molar-refractivity contribution in [3.8, 4) is 0 Å². The molecule has 2 heteroatoms. The molecule has 0 aromatic rings. The molecule has 0 spiro atoms. The monoisotopic (exact) mass is 286 g/mol. The smallest absolute Gasteiger partial charge is 0.0780 e. The van der Waals surface area contributed by atoms with Crippen molar-refractivity contribution in [3.05, 3.63) is 0 Å². The Morgan fingerprint density at radius 1 is 0.500 bits per heavy atom. The predicted octanol–water partition coefficient (Wildman–Crippen LogP) is 4.76. The Morgan fingerprint density at radius 3 is 1.10 bits per heavy atom. The van der Waals surface area contributed by atoms with Crippen LogP contribution in [0.3, 0.4) is 0 Å². The molecule has 0 aliphatic carbocycles. The van der Waals surface area contributed by atoms with Gasteiger partial charge >= 0.3 is 0 Å². The van der Waals surface area contributed by atoms with Gasteiger partial charge in [0.05, 0.1) is 27.7 Å². The first-order chi connectivity index (χ1) is 9.56. The fraction of sp³-hybridized carbons (Fsp3) is 1.00. The molecule has 0 heterocycles. The lowest BCUT2D eigenvalue weighted by atomic mass is 10.0. The highest BCUT2D eigenvalue weighted by molar-refractivity contribution is 4.49. The summed E-state index contributed by atoms with van der Waals surface area (Å²) >= 11 is 0. The third-order valence-electron chi connectivity index (χ3n) is 3.99. The highest BCUT2D eigenvalue weighted by Crippen LogP contribution is 2.12. The Hall–Kier alpha value is -0.0800. The summed E-state index contributed by atoms with van der Waals surface area (Å²) in [5.74, 6) is 0. The average Bonchev–Trinajstić information content (AvgIpc) is 2.38. The van der Waals surface area contributed by atoms with Crippen LogP contribution in [0.15, 0.2) is 0 Å². The summed E-state index contributed by atoms with van der Waals surface area (Å²) in [7, 11) is 6.84. The molecule has 20 heavy (non-hydrogen) atoms. The van der Waals surface area contributed by atoms with Crippen molar-refractivity contribution in [2.24, 2.45) is 0 Å². The minimum Gasteiger partial charge on any atom is -0.396 e. The summed E-state index contributed by atoms with van der Waals surface area (Å²) < 4.78 is 1.11. The normalized spacial score (nSPS) is 12.0. The Morgan fingerprint density at radius 2 is 0.800 bits per heavy atom. The van der Waals surface area contributed by atoms with Gasteiger partial charge in [0, 0.05) is 6.61 Å². The number of aliphatic hydroxyl groups is 1. The van der Waals surface area contributed by atoms with Crippen LogP contribution in [-0.2, 0) is 0 Å². The van der Waals surface area contributed by atoms with Crippen LogP contribution in [0.5, 0.6) is 0 Å². The summed E-state index contributed by atoms with van der Waals surface area (Å²) in [5, 5.41) is 8.68. The summed E-state index contributed by atoms with van der Waals surface area (Å²) in [4.78, 5) is 0. The molecule has 0 radical (unpaired) electrons. The van der Waals surface area contributed by atoms with Crippen LogP contribution in [0.4, 0.5) is 0 Å². The quantitative estimate of drug-likeness (QED) is 0.340. The molecule has 2 nitrogen and oxygen atoms in total. The van der Waals surface area contributed by atoms with E-state index in [1.54, 1.807) is 0 Å². The molecule has 0 aliphatic rings. The van der Waals surface area contributed by atoms with Crippen molar-refractivity contribution in [1.29, 1.82) is 0 Å². The predicted molar refractivity (Wildman–Crippen MR) is 90.0 cm³/mol. The van der Waals surface area contributed by atoms with Gasteiger partial charge < -0.3 is 9.59 Å². The van der Waals surface area contributed by atoms with Crippen LogP contribution < -0.4 is 0 Å². The maximum absolute atomic E-state index is 8.68. The van der Waals surface area contributed by atoms with Crippen LogP contribution in [0, 0.1) is 0 Å². The number of aliphatic hydroxyl groups excluding tert-OH is 1. The van der Waals surface area contributed by atoms with E-state index in [2.05, 4.69) is 21.1 Å². The van der Waals surface area contributed by atoms with E-state index in [0.717, 1.165) is 10.9 Å². The SMILES string of the molecule is C[N+](C)(C)CCCCCCCCCCCCCCCO. The molecular formula is C18H40NO+. The van der Waals surface area contributed by atoms with Gasteiger partial charge in [0.25, 0.3) is 0 Å². The molecule has 0 aromatic heterocycles. The first-order valence-electron chi connectivity index (χ1n) is 8.97. The van der Waals surface area contributed by atoms with E-state index in [1.807, 2.05) is 0 Å². The molecule has 0 aromatic carbocycles. The summed E-state index contributed by atoms with van der Waals surface area (Å²) in [6.45, 7) is 1.69. The minimum atomic E-state index is 0.370. The molecule has 0 rings (SSSR count). The maximum Gasteiger partial charge on any atom is 0.0780 e. The lowest BCUT2D eigenvalue weighted by Crippen LogP contribution is -2.35. The summed E-state index contributed by atoms with van der Waals surface area (Å²) in [6, 6.07) is 0. The second kappa shape index (κ2) is 13.9. The molecule has 122 valence electrons. The third-order valence-corrected chi connectivity index (χ3v) is 3.99. The first kappa shape index (κ1) is 19.9. The molecular weight excluding hydrogens is 246 g/mol. The van der Waals surface area contributed by atoms with E-state index < -0.39 is 0 Å². The van der Waals surface area contributed by atoms with E-state index >= 15 is 0 Å². The number of unbranched alkanes of at least 4 members (excludes halogenated alkanes) is 12. The first-order valence-corrected chi connectivity index (χ1v) is 8.97. The Bertz CT molecular complexity index is 186. The van der Waals surface area contributed by atoms with Crippen molar-refractivity contribution < 1.29 is 9.59 Å². The highest BCUT2D eigenvalue weighted by atomic mass is 16.2. The molecule has 0 saturated carbocycles. The van der Waals surface area contributed by atoms with Crippen LogP contribution in [0.25, 0.3) is 0 Å². The number of quaternary nitrogens is 1. The van der Waals surface area contributed by atoms with Crippen molar-refractivity contribution >= 4 is 0 Å². The number of hydrogen-bond donors (Lipinski definition) is 1. The van der Waals surface area contributed by atoms with E-state index in [0.29, 0.717) is 6.61 Å². The lowest BCUT2D eigenvalue weighted by molar-refractivity contribution is -0.870. The molecule has 0 unspecified atom stereocenters. The van der Waals surface area contributed by atoms with Gasteiger partial charge in [0.1, 0.15) is 0 Å². The van der Waals surface area contributed by atoms with E-state index in [4.69, 9.17) is 5.11 Å². The minimum absolute atomic E-state index is 0.370. The van der Waals surface area contributed by atoms with Crippen molar-refractivity contribution in [2.75, 3.05) is 34.3 Å². The standard InChI is InChI=1S/C18H40NO/c1-19(2,3)17-15-13-11-9-7-5-4-6-8-10-12-14-16-18-20/h20H,4-18H2,1-3H3/q+1. The van der Waals surface area contributed by atoms with Crippen LogP contribution in [-0.4, -0.2) is 43.9 Å². The molecule has 0 saturated heterocycles. The van der Waals surface area contributed by atoms with Gasteiger partial charge in [-0.1, -0.05) is 64.2 Å². The second-order valence-corrected chi connectivity index (χ2v) is 7.33.